The maximum atomic E-state index is 12.3. The Kier molecular flexibility index (Phi) is 5.67. The van der Waals surface area contributed by atoms with Crippen LogP contribution in [0.3, 0.4) is 0 Å². The molecule has 0 spiro atoms. The first-order valence-electron chi connectivity index (χ1n) is 7.94. The highest BCUT2D eigenvalue weighted by molar-refractivity contribution is 7.99. The predicted octanol–water partition coefficient (Wildman–Crippen LogP) is 3.10. The summed E-state index contributed by atoms with van der Waals surface area (Å²) in [4.78, 5) is 23.5. The van der Waals surface area contributed by atoms with Crippen molar-refractivity contribution >= 4 is 23.4 Å². The Bertz CT molecular complexity index is 1070. The van der Waals surface area contributed by atoms with Crippen LogP contribution in [-0.4, -0.2) is 25.7 Å². The van der Waals surface area contributed by atoms with Gasteiger partial charge in [-0.25, -0.2) is 4.79 Å². The number of aromatic nitrogens is 3. The summed E-state index contributed by atoms with van der Waals surface area (Å²) >= 11 is 1.08. The fourth-order valence-electron chi connectivity index (χ4n) is 2.24. The lowest BCUT2D eigenvalue weighted by Crippen LogP contribution is -2.06. The molecule has 0 aliphatic carbocycles. The number of nitro benzene ring substituents is 1. The number of hydrogen-bond donors (Lipinski definition) is 0. The second-order valence-electron chi connectivity index (χ2n) is 5.65. The van der Waals surface area contributed by atoms with E-state index in [1.807, 2.05) is 6.07 Å². The van der Waals surface area contributed by atoms with Crippen molar-refractivity contribution in [3.63, 3.8) is 0 Å². The van der Waals surface area contributed by atoms with E-state index in [4.69, 9.17) is 10.00 Å². The summed E-state index contributed by atoms with van der Waals surface area (Å²) in [5.74, 6) is -0.678. The third-order valence-corrected chi connectivity index (χ3v) is 4.83. The van der Waals surface area contributed by atoms with Crippen molar-refractivity contribution in [2.45, 2.75) is 16.7 Å². The minimum absolute atomic E-state index is 0.00617. The second kappa shape index (κ2) is 8.32. The molecular formula is C18H13N5O4S. The van der Waals surface area contributed by atoms with E-state index in [0.29, 0.717) is 21.2 Å². The van der Waals surface area contributed by atoms with Crippen LogP contribution in [0, 0.1) is 21.4 Å². The number of benzene rings is 2. The van der Waals surface area contributed by atoms with Crippen LogP contribution in [0.4, 0.5) is 5.69 Å². The maximum absolute atomic E-state index is 12.3. The number of carbonyl (C=O) groups is 1. The van der Waals surface area contributed by atoms with E-state index in [1.165, 1.54) is 24.5 Å². The molecule has 0 bridgehead atoms. The van der Waals surface area contributed by atoms with Crippen LogP contribution in [-0.2, 0) is 18.4 Å². The number of esters is 1. The summed E-state index contributed by atoms with van der Waals surface area (Å²) in [7, 11) is 1.73. The lowest BCUT2D eigenvalue weighted by molar-refractivity contribution is -0.387. The Balaban J connectivity index is 1.75. The Labute approximate surface area is 163 Å². The third-order valence-electron chi connectivity index (χ3n) is 3.72. The number of ether oxygens (including phenoxy) is 1. The summed E-state index contributed by atoms with van der Waals surface area (Å²) in [5.41, 5.74) is 1.06. The lowest BCUT2D eigenvalue weighted by atomic mass is 10.1. The largest absolute Gasteiger partial charge is 0.457 e. The van der Waals surface area contributed by atoms with Gasteiger partial charge in [0.05, 0.1) is 27.0 Å². The summed E-state index contributed by atoms with van der Waals surface area (Å²) in [5, 5.41) is 28.3. The van der Waals surface area contributed by atoms with Crippen LogP contribution in [0.1, 0.15) is 21.5 Å². The molecule has 0 aliphatic heterocycles. The Morgan fingerprint density at radius 3 is 2.68 bits per heavy atom. The summed E-state index contributed by atoms with van der Waals surface area (Å²) in [6.07, 6.45) is 1.49. The lowest BCUT2D eigenvalue weighted by Gasteiger charge is -2.07. The molecule has 0 aliphatic rings. The van der Waals surface area contributed by atoms with Crippen LogP contribution in [0.15, 0.2) is 58.8 Å². The monoisotopic (exact) mass is 395 g/mol. The van der Waals surface area contributed by atoms with Crippen molar-refractivity contribution in [3.8, 4) is 6.07 Å². The van der Waals surface area contributed by atoms with Gasteiger partial charge in [-0.1, -0.05) is 12.1 Å². The molecule has 3 rings (SSSR count). The number of aryl methyl sites for hydroxylation is 1. The Morgan fingerprint density at radius 1 is 1.32 bits per heavy atom. The number of rotatable bonds is 6. The highest BCUT2D eigenvalue weighted by Crippen LogP contribution is 2.34. The van der Waals surface area contributed by atoms with Crippen molar-refractivity contribution in [3.05, 3.63) is 75.6 Å². The molecule has 1 aromatic heterocycles. The normalized spacial score (nSPS) is 10.3. The molecule has 0 radical (unpaired) electrons. The quantitative estimate of drug-likeness (QED) is 0.354. The van der Waals surface area contributed by atoms with Crippen LogP contribution in [0.25, 0.3) is 0 Å². The van der Waals surface area contributed by atoms with Crippen LogP contribution in [0.2, 0.25) is 0 Å². The van der Waals surface area contributed by atoms with Crippen molar-refractivity contribution in [1.29, 1.82) is 5.26 Å². The molecule has 1 heterocycles. The van der Waals surface area contributed by atoms with Gasteiger partial charge in [0.25, 0.3) is 5.69 Å². The zero-order valence-electron chi connectivity index (χ0n) is 14.6. The van der Waals surface area contributed by atoms with Crippen molar-refractivity contribution in [1.82, 2.24) is 14.8 Å². The van der Waals surface area contributed by atoms with Gasteiger partial charge in [0.2, 0.25) is 0 Å². The first-order chi connectivity index (χ1) is 13.5. The molecule has 0 atom stereocenters. The average molecular weight is 395 g/mol. The minimum atomic E-state index is -0.678. The molecule has 2 aromatic carbocycles. The summed E-state index contributed by atoms with van der Waals surface area (Å²) in [6.45, 7) is -0.00617. The van der Waals surface area contributed by atoms with Gasteiger partial charge in [0.15, 0.2) is 5.16 Å². The van der Waals surface area contributed by atoms with Gasteiger partial charge in [-0.2, -0.15) is 5.26 Å². The first-order valence-corrected chi connectivity index (χ1v) is 8.76. The van der Waals surface area contributed by atoms with E-state index in [0.717, 1.165) is 11.8 Å². The van der Waals surface area contributed by atoms with Gasteiger partial charge < -0.3 is 9.30 Å². The second-order valence-corrected chi connectivity index (χ2v) is 6.66. The molecule has 10 heteroatoms. The smallest absolute Gasteiger partial charge is 0.338 e. The average Bonchev–Trinajstić information content (AvgIpc) is 3.11. The molecule has 0 saturated carbocycles. The highest BCUT2D eigenvalue weighted by Gasteiger charge is 2.20. The SMILES string of the molecule is Cn1cnnc1Sc1ccc(C(=O)OCc2ccc(C#N)cc2)cc1[N+](=O)[O-]. The van der Waals surface area contributed by atoms with E-state index in [1.54, 1.807) is 35.9 Å². The summed E-state index contributed by atoms with van der Waals surface area (Å²) in [6, 6.07) is 12.7. The Hall–Kier alpha value is -3.71. The number of hydrogen-bond acceptors (Lipinski definition) is 8. The van der Waals surface area contributed by atoms with E-state index < -0.39 is 10.9 Å². The van der Waals surface area contributed by atoms with Crippen molar-refractivity contribution in [2.24, 2.45) is 7.05 Å². The molecule has 3 aromatic rings. The number of nitrogens with zero attached hydrogens (tertiary/aromatic N) is 5. The van der Waals surface area contributed by atoms with Gasteiger partial charge in [-0.3, -0.25) is 10.1 Å². The van der Waals surface area contributed by atoms with Gasteiger partial charge in [-0.15, -0.1) is 10.2 Å². The van der Waals surface area contributed by atoms with Gasteiger partial charge >= 0.3 is 5.97 Å². The summed E-state index contributed by atoms with van der Waals surface area (Å²) < 4.78 is 6.84. The van der Waals surface area contributed by atoms with Crippen LogP contribution in [0.5, 0.6) is 0 Å². The number of nitro groups is 1. The van der Waals surface area contributed by atoms with Gasteiger partial charge in [-0.05, 0) is 41.6 Å². The zero-order valence-corrected chi connectivity index (χ0v) is 15.4. The van der Waals surface area contributed by atoms with Crippen molar-refractivity contribution < 1.29 is 14.5 Å². The van der Waals surface area contributed by atoms with Gasteiger partial charge in [0, 0.05) is 13.1 Å². The number of carbonyl (C=O) groups excluding carboxylic acids is 1. The molecule has 140 valence electrons. The van der Waals surface area contributed by atoms with Crippen LogP contribution >= 0.6 is 11.8 Å². The number of nitriles is 1. The van der Waals surface area contributed by atoms with Crippen molar-refractivity contribution in [2.75, 3.05) is 0 Å². The van der Waals surface area contributed by atoms with E-state index in [-0.39, 0.29) is 17.9 Å². The standard InChI is InChI=1S/C18H13N5O4S/c1-22-11-20-21-18(22)28-16-7-6-14(8-15(16)23(25)26)17(24)27-10-13-4-2-12(9-19)3-5-13/h2-8,11H,10H2,1H3. The highest BCUT2D eigenvalue weighted by atomic mass is 32.2. The molecular weight excluding hydrogens is 382 g/mol. The third kappa shape index (κ3) is 4.33. The topological polar surface area (TPSA) is 124 Å². The molecule has 0 unspecified atom stereocenters. The molecule has 28 heavy (non-hydrogen) atoms. The molecule has 0 saturated heterocycles. The van der Waals surface area contributed by atoms with E-state index in [9.17, 15) is 14.9 Å². The van der Waals surface area contributed by atoms with Crippen LogP contribution < -0.4 is 0 Å². The fourth-order valence-corrected chi connectivity index (χ4v) is 3.09. The van der Waals surface area contributed by atoms with E-state index >= 15 is 0 Å². The molecule has 0 fully saturated rings. The molecule has 9 nitrogen and oxygen atoms in total. The van der Waals surface area contributed by atoms with E-state index in [2.05, 4.69) is 10.2 Å². The fraction of sp³-hybridized carbons (Fsp3) is 0.111. The predicted molar refractivity (Wildman–Crippen MR) is 98.5 cm³/mol. The minimum Gasteiger partial charge on any atom is -0.457 e. The first kappa shape index (κ1) is 19.1. The molecule has 0 N–H and O–H groups in total. The maximum Gasteiger partial charge on any atom is 0.338 e. The van der Waals surface area contributed by atoms with Gasteiger partial charge in [0.1, 0.15) is 12.9 Å². The zero-order chi connectivity index (χ0) is 20.1. The Morgan fingerprint density at radius 2 is 2.07 bits per heavy atom. The molecule has 0 amide bonds.